The van der Waals surface area contributed by atoms with Crippen molar-refractivity contribution in [1.82, 2.24) is 15.5 Å². The highest BCUT2D eigenvalue weighted by Gasteiger charge is 2.36. The molecule has 2 fully saturated rings. The largest absolute Gasteiger partial charge is 0.313 e. The first-order chi connectivity index (χ1) is 8.70. The maximum Gasteiger partial charge on any atom is 0.244 e. The molecule has 0 aromatic rings. The van der Waals surface area contributed by atoms with E-state index in [1.54, 1.807) is 0 Å². The van der Waals surface area contributed by atoms with Crippen LogP contribution in [0.2, 0.25) is 0 Å². The Kier molecular flexibility index (Phi) is 4.72. The number of unbranched alkanes of at least 4 members (excludes halogenated alkanes) is 1. The van der Waals surface area contributed by atoms with Crippen LogP contribution in [0.5, 0.6) is 0 Å². The van der Waals surface area contributed by atoms with Gasteiger partial charge in [0.15, 0.2) is 0 Å². The minimum atomic E-state index is -0.244. The fourth-order valence-electron chi connectivity index (χ4n) is 2.77. The van der Waals surface area contributed by atoms with Crippen LogP contribution in [0.3, 0.4) is 0 Å². The van der Waals surface area contributed by atoms with Gasteiger partial charge >= 0.3 is 0 Å². The van der Waals surface area contributed by atoms with Crippen LogP contribution in [0.25, 0.3) is 0 Å². The average molecular weight is 253 g/mol. The zero-order valence-corrected chi connectivity index (χ0v) is 11.1. The van der Waals surface area contributed by atoms with Gasteiger partial charge in [-0.2, -0.15) is 0 Å². The average Bonchev–Trinajstić information content (AvgIpc) is 2.94. The molecule has 0 spiro atoms. The van der Waals surface area contributed by atoms with Gasteiger partial charge < -0.3 is 5.32 Å². The fraction of sp³-hybridized carbons (Fsp3) is 0.846. The predicted molar refractivity (Wildman–Crippen MR) is 69.1 cm³/mol. The minimum Gasteiger partial charge on any atom is -0.313 e. The van der Waals surface area contributed by atoms with Gasteiger partial charge in [0.2, 0.25) is 11.8 Å². The third-order valence-electron chi connectivity index (χ3n) is 3.80. The molecule has 2 aliphatic heterocycles. The van der Waals surface area contributed by atoms with E-state index in [0.717, 1.165) is 32.5 Å². The van der Waals surface area contributed by atoms with E-state index in [1.165, 1.54) is 12.8 Å². The van der Waals surface area contributed by atoms with Crippen LogP contribution in [0.1, 0.15) is 39.0 Å². The molecule has 2 atom stereocenters. The molecule has 0 saturated carbocycles. The van der Waals surface area contributed by atoms with Gasteiger partial charge in [0.25, 0.3) is 0 Å². The van der Waals surface area contributed by atoms with Crippen molar-refractivity contribution >= 4 is 11.8 Å². The summed E-state index contributed by atoms with van der Waals surface area (Å²) in [4.78, 5) is 25.3. The van der Waals surface area contributed by atoms with Gasteiger partial charge in [0.05, 0.1) is 12.5 Å². The lowest BCUT2D eigenvalue weighted by molar-refractivity contribution is -0.126. The van der Waals surface area contributed by atoms with Crippen LogP contribution in [-0.2, 0) is 9.59 Å². The maximum absolute atomic E-state index is 11.8. The Hall–Kier alpha value is -0.940. The summed E-state index contributed by atoms with van der Waals surface area (Å²) >= 11 is 0. The molecule has 0 aromatic carbocycles. The van der Waals surface area contributed by atoms with E-state index >= 15 is 0 Å². The van der Waals surface area contributed by atoms with Crippen molar-refractivity contribution in [1.29, 1.82) is 0 Å². The van der Waals surface area contributed by atoms with Crippen molar-refractivity contribution in [2.24, 2.45) is 0 Å². The Labute approximate surface area is 108 Å². The Balaban J connectivity index is 1.94. The Morgan fingerprint density at radius 1 is 1.39 bits per heavy atom. The molecule has 2 saturated heterocycles. The van der Waals surface area contributed by atoms with Gasteiger partial charge in [-0.05, 0) is 32.4 Å². The number of carbonyl (C=O) groups excluding carboxylic acids is 2. The van der Waals surface area contributed by atoms with Crippen LogP contribution < -0.4 is 10.6 Å². The zero-order valence-electron chi connectivity index (χ0n) is 11.1. The lowest BCUT2D eigenvalue weighted by atomic mass is 10.1. The predicted octanol–water partition coefficient (Wildman–Crippen LogP) is 0.256. The van der Waals surface area contributed by atoms with E-state index in [9.17, 15) is 9.59 Å². The Bertz CT molecular complexity index is 313. The Morgan fingerprint density at radius 3 is 2.78 bits per heavy atom. The van der Waals surface area contributed by atoms with Crippen molar-refractivity contribution < 1.29 is 9.59 Å². The molecule has 0 aliphatic carbocycles. The molecule has 2 rings (SSSR count). The first-order valence-electron chi connectivity index (χ1n) is 7.02. The SMILES string of the molecule is CCCCN(CC1CCCN1)C1CC(=O)NC1=O. The molecule has 2 aliphatic rings. The van der Waals surface area contributed by atoms with Crippen molar-refractivity contribution in [2.75, 3.05) is 19.6 Å². The first-order valence-corrected chi connectivity index (χ1v) is 7.02. The molecule has 0 aromatic heterocycles. The normalized spacial score (nSPS) is 28.1. The summed E-state index contributed by atoms with van der Waals surface area (Å²) in [6.45, 7) is 5.00. The van der Waals surface area contributed by atoms with E-state index in [0.29, 0.717) is 12.5 Å². The van der Waals surface area contributed by atoms with E-state index in [4.69, 9.17) is 0 Å². The van der Waals surface area contributed by atoms with Crippen molar-refractivity contribution in [3.8, 4) is 0 Å². The van der Waals surface area contributed by atoms with Crippen molar-refractivity contribution in [3.05, 3.63) is 0 Å². The number of hydrogen-bond donors (Lipinski definition) is 2. The monoisotopic (exact) mass is 253 g/mol. The third-order valence-corrected chi connectivity index (χ3v) is 3.80. The molecule has 5 nitrogen and oxygen atoms in total. The molecule has 18 heavy (non-hydrogen) atoms. The topological polar surface area (TPSA) is 61.4 Å². The van der Waals surface area contributed by atoms with Gasteiger partial charge in [0.1, 0.15) is 0 Å². The molecule has 5 heteroatoms. The summed E-state index contributed by atoms with van der Waals surface area (Å²) in [6, 6.07) is 0.233. The van der Waals surface area contributed by atoms with Crippen LogP contribution in [-0.4, -0.2) is 48.4 Å². The van der Waals surface area contributed by atoms with Crippen LogP contribution >= 0.6 is 0 Å². The molecular weight excluding hydrogens is 230 g/mol. The minimum absolute atomic E-state index is 0.117. The van der Waals surface area contributed by atoms with E-state index in [-0.39, 0.29) is 17.9 Å². The summed E-state index contributed by atoms with van der Waals surface area (Å²) in [7, 11) is 0. The number of amides is 2. The second-order valence-electron chi connectivity index (χ2n) is 5.27. The zero-order chi connectivity index (χ0) is 13.0. The highest BCUT2D eigenvalue weighted by molar-refractivity contribution is 6.05. The highest BCUT2D eigenvalue weighted by Crippen LogP contribution is 2.15. The summed E-state index contributed by atoms with van der Waals surface area (Å²) in [5.41, 5.74) is 0. The lowest BCUT2D eigenvalue weighted by Crippen LogP contribution is -2.46. The van der Waals surface area contributed by atoms with Gasteiger partial charge in [-0.25, -0.2) is 0 Å². The standard InChI is InChI=1S/C13H23N3O2/c1-2-3-7-16(9-10-5-4-6-14-10)11-8-12(17)15-13(11)18/h10-11,14H,2-9H2,1H3,(H,15,17,18). The van der Waals surface area contributed by atoms with Gasteiger partial charge in [-0.1, -0.05) is 13.3 Å². The van der Waals surface area contributed by atoms with Crippen molar-refractivity contribution in [3.63, 3.8) is 0 Å². The summed E-state index contributed by atoms with van der Waals surface area (Å²) in [5.74, 6) is -0.250. The number of rotatable bonds is 6. The molecular formula is C13H23N3O2. The fourth-order valence-corrected chi connectivity index (χ4v) is 2.77. The number of nitrogens with zero attached hydrogens (tertiary/aromatic N) is 1. The quantitative estimate of drug-likeness (QED) is 0.666. The number of nitrogens with one attached hydrogen (secondary N) is 2. The molecule has 102 valence electrons. The number of imide groups is 1. The highest BCUT2D eigenvalue weighted by atomic mass is 16.2. The second-order valence-corrected chi connectivity index (χ2v) is 5.27. The smallest absolute Gasteiger partial charge is 0.244 e. The lowest BCUT2D eigenvalue weighted by Gasteiger charge is -2.29. The molecule has 0 bridgehead atoms. The summed E-state index contributed by atoms with van der Waals surface area (Å²) in [6.07, 6.45) is 4.89. The molecule has 0 radical (unpaired) electrons. The van der Waals surface area contributed by atoms with Crippen LogP contribution in [0.15, 0.2) is 0 Å². The maximum atomic E-state index is 11.8. The van der Waals surface area contributed by atoms with E-state index in [1.807, 2.05) is 0 Å². The van der Waals surface area contributed by atoms with Crippen molar-refractivity contribution in [2.45, 2.75) is 51.1 Å². The summed E-state index contributed by atoms with van der Waals surface area (Å²) in [5, 5.41) is 5.86. The van der Waals surface area contributed by atoms with Gasteiger partial charge in [-0.3, -0.25) is 19.8 Å². The molecule has 2 N–H and O–H groups in total. The molecule has 2 heterocycles. The van der Waals surface area contributed by atoms with E-state index < -0.39 is 0 Å². The first kappa shape index (κ1) is 13.5. The second kappa shape index (κ2) is 6.29. The van der Waals surface area contributed by atoms with Gasteiger partial charge in [0, 0.05) is 12.6 Å². The summed E-state index contributed by atoms with van der Waals surface area (Å²) < 4.78 is 0. The van der Waals surface area contributed by atoms with Crippen LogP contribution in [0, 0.1) is 0 Å². The van der Waals surface area contributed by atoms with E-state index in [2.05, 4.69) is 22.5 Å². The third kappa shape index (κ3) is 3.29. The molecule has 2 unspecified atom stereocenters. The number of carbonyl (C=O) groups is 2. The van der Waals surface area contributed by atoms with Gasteiger partial charge in [-0.15, -0.1) is 0 Å². The molecule has 2 amide bonds. The Morgan fingerprint density at radius 2 is 2.22 bits per heavy atom. The van der Waals surface area contributed by atoms with Crippen LogP contribution in [0.4, 0.5) is 0 Å². The number of hydrogen-bond acceptors (Lipinski definition) is 4.